The third kappa shape index (κ3) is 4.86. The lowest BCUT2D eigenvalue weighted by atomic mass is 10.3. The third-order valence-corrected chi connectivity index (χ3v) is 3.68. The van der Waals surface area contributed by atoms with Gasteiger partial charge in [-0.1, -0.05) is 0 Å². The second-order valence-electron chi connectivity index (χ2n) is 4.42. The first-order valence-corrected chi connectivity index (χ1v) is 6.86. The number of hydrogen-bond acceptors (Lipinski definition) is 4. The zero-order valence-corrected chi connectivity index (χ0v) is 12.2. The van der Waals surface area contributed by atoms with Crippen LogP contribution in [0.15, 0.2) is 5.51 Å². The van der Waals surface area contributed by atoms with Crippen LogP contribution in [0.3, 0.4) is 0 Å². The lowest BCUT2D eigenvalue weighted by molar-refractivity contribution is -0.137. The minimum Gasteiger partial charge on any atom is -0.481 e. The number of aryl methyl sites for hydroxylation is 1. The highest BCUT2D eigenvalue weighted by molar-refractivity contribution is 7.09. The number of rotatable bonds is 6. The van der Waals surface area contributed by atoms with E-state index in [1.807, 2.05) is 6.92 Å². The second-order valence-corrected chi connectivity index (χ2v) is 5.36. The molecule has 0 saturated carbocycles. The molecule has 0 bridgehead atoms. The van der Waals surface area contributed by atoms with Gasteiger partial charge in [-0.25, -0.2) is 9.78 Å². The highest BCUT2D eigenvalue weighted by Crippen LogP contribution is 2.14. The number of carbonyl (C=O) groups is 2. The van der Waals surface area contributed by atoms with E-state index in [-0.39, 0.29) is 12.5 Å². The van der Waals surface area contributed by atoms with Crippen molar-refractivity contribution in [1.82, 2.24) is 14.8 Å². The summed E-state index contributed by atoms with van der Waals surface area (Å²) in [6.45, 7) is 2.89. The molecule has 7 heteroatoms. The summed E-state index contributed by atoms with van der Waals surface area (Å²) in [7, 11) is 3.41. The van der Waals surface area contributed by atoms with Crippen molar-refractivity contribution in [3.05, 3.63) is 16.1 Å². The van der Waals surface area contributed by atoms with Gasteiger partial charge in [-0.05, 0) is 13.3 Å². The Balaban J connectivity index is 2.43. The Kier molecular flexibility index (Phi) is 5.75. The van der Waals surface area contributed by atoms with E-state index in [0.29, 0.717) is 19.5 Å². The minimum absolute atomic E-state index is 0.0787. The summed E-state index contributed by atoms with van der Waals surface area (Å²) in [5, 5.41) is 8.56. The van der Waals surface area contributed by atoms with Gasteiger partial charge in [0.05, 0.1) is 17.7 Å². The summed E-state index contributed by atoms with van der Waals surface area (Å²) in [5.74, 6) is -0.838. The highest BCUT2D eigenvalue weighted by atomic mass is 32.1. The molecule has 1 aromatic rings. The van der Waals surface area contributed by atoms with Crippen molar-refractivity contribution in [3.8, 4) is 0 Å². The largest absolute Gasteiger partial charge is 0.481 e. The molecule has 0 atom stereocenters. The maximum Gasteiger partial charge on any atom is 0.319 e. The Morgan fingerprint density at radius 2 is 2.05 bits per heavy atom. The summed E-state index contributed by atoms with van der Waals surface area (Å²) in [4.78, 5) is 30.8. The maximum atomic E-state index is 12.0. The van der Waals surface area contributed by atoms with Crippen molar-refractivity contribution in [2.24, 2.45) is 0 Å². The van der Waals surface area contributed by atoms with E-state index in [9.17, 15) is 9.59 Å². The number of carboxylic acid groups (broad SMARTS) is 1. The van der Waals surface area contributed by atoms with E-state index >= 15 is 0 Å². The molecule has 0 aliphatic heterocycles. The molecule has 2 amide bonds. The van der Waals surface area contributed by atoms with Gasteiger partial charge in [-0.3, -0.25) is 4.79 Å². The van der Waals surface area contributed by atoms with Gasteiger partial charge < -0.3 is 14.9 Å². The molecule has 6 nitrogen and oxygen atoms in total. The summed E-state index contributed by atoms with van der Waals surface area (Å²) >= 11 is 1.53. The highest BCUT2D eigenvalue weighted by Gasteiger charge is 2.16. The van der Waals surface area contributed by atoms with Crippen molar-refractivity contribution < 1.29 is 14.7 Å². The second kappa shape index (κ2) is 7.08. The topological polar surface area (TPSA) is 73.7 Å². The van der Waals surface area contributed by atoms with Crippen LogP contribution in [-0.2, 0) is 11.3 Å². The van der Waals surface area contributed by atoms with Crippen LogP contribution in [0.1, 0.15) is 23.4 Å². The number of carboxylic acids is 1. The fourth-order valence-corrected chi connectivity index (χ4v) is 2.45. The SMILES string of the molecule is Cc1ncsc1CN(C)C(=O)N(C)CCCC(=O)O. The summed E-state index contributed by atoms with van der Waals surface area (Å²) in [6.07, 6.45) is 0.542. The Morgan fingerprint density at radius 1 is 1.37 bits per heavy atom. The van der Waals surface area contributed by atoms with E-state index in [1.54, 1.807) is 29.4 Å². The molecule has 0 spiro atoms. The molecule has 1 aromatic heterocycles. The molecule has 0 aliphatic rings. The normalized spacial score (nSPS) is 10.3. The number of aliphatic carboxylic acids is 1. The van der Waals surface area contributed by atoms with Gasteiger partial charge >= 0.3 is 12.0 Å². The van der Waals surface area contributed by atoms with Gasteiger partial charge in [0.2, 0.25) is 0 Å². The lowest BCUT2D eigenvalue weighted by Crippen LogP contribution is -2.38. The zero-order valence-electron chi connectivity index (χ0n) is 11.4. The molecular weight excluding hydrogens is 266 g/mol. The van der Waals surface area contributed by atoms with E-state index in [2.05, 4.69) is 4.98 Å². The number of carbonyl (C=O) groups excluding carboxylic acids is 1. The van der Waals surface area contributed by atoms with Gasteiger partial charge in [0.1, 0.15) is 0 Å². The predicted octanol–water partition coefficient (Wildman–Crippen LogP) is 1.80. The van der Waals surface area contributed by atoms with E-state index < -0.39 is 5.97 Å². The number of nitrogens with zero attached hydrogens (tertiary/aromatic N) is 3. The molecule has 0 aliphatic carbocycles. The summed E-state index contributed by atoms with van der Waals surface area (Å²) in [5.41, 5.74) is 2.71. The average Bonchev–Trinajstić information content (AvgIpc) is 2.73. The number of thiazole rings is 1. The first-order chi connectivity index (χ1) is 8.91. The van der Waals surface area contributed by atoms with Crippen LogP contribution < -0.4 is 0 Å². The number of hydrogen-bond donors (Lipinski definition) is 1. The van der Waals surface area contributed by atoms with Crippen LogP contribution in [0.4, 0.5) is 4.79 Å². The molecule has 19 heavy (non-hydrogen) atoms. The van der Waals surface area contributed by atoms with Crippen LogP contribution in [0.5, 0.6) is 0 Å². The molecule has 1 heterocycles. The monoisotopic (exact) mass is 285 g/mol. The molecule has 106 valence electrons. The number of amides is 2. The molecule has 1 rings (SSSR count). The lowest BCUT2D eigenvalue weighted by Gasteiger charge is -2.24. The van der Waals surface area contributed by atoms with Crippen molar-refractivity contribution in [3.63, 3.8) is 0 Å². The Labute approximate surface area is 116 Å². The third-order valence-electron chi connectivity index (χ3n) is 2.76. The quantitative estimate of drug-likeness (QED) is 0.865. The minimum atomic E-state index is -0.838. The Hall–Kier alpha value is -1.63. The number of aromatic nitrogens is 1. The average molecular weight is 285 g/mol. The molecule has 0 unspecified atom stereocenters. The Bertz CT molecular complexity index is 447. The van der Waals surface area contributed by atoms with E-state index in [4.69, 9.17) is 5.11 Å². The van der Waals surface area contributed by atoms with Crippen LogP contribution in [-0.4, -0.2) is 52.5 Å². The zero-order chi connectivity index (χ0) is 14.4. The molecular formula is C12H19N3O3S. The van der Waals surface area contributed by atoms with Crippen LogP contribution >= 0.6 is 11.3 Å². The summed E-state index contributed by atoms with van der Waals surface area (Å²) in [6, 6.07) is -0.113. The van der Waals surface area contributed by atoms with Crippen LogP contribution in [0, 0.1) is 6.92 Å². The standard InChI is InChI=1S/C12H19N3O3S/c1-9-10(19-8-13-9)7-15(3)12(18)14(2)6-4-5-11(16)17/h8H,4-7H2,1-3H3,(H,16,17). The van der Waals surface area contributed by atoms with Gasteiger partial charge in [-0.2, -0.15) is 0 Å². The van der Waals surface area contributed by atoms with E-state index in [0.717, 1.165) is 10.6 Å². The van der Waals surface area contributed by atoms with Gasteiger partial charge in [0.15, 0.2) is 0 Å². The first-order valence-electron chi connectivity index (χ1n) is 5.98. The van der Waals surface area contributed by atoms with Crippen LogP contribution in [0.2, 0.25) is 0 Å². The van der Waals surface area contributed by atoms with Crippen molar-refractivity contribution in [2.45, 2.75) is 26.3 Å². The Morgan fingerprint density at radius 3 is 2.58 bits per heavy atom. The van der Waals surface area contributed by atoms with Gasteiger partial charge in [-0.15, -0.1) is 11.3 Å². The molecule has 1 N–H and O–H groups in total. The number of urea groups is 1. The molecule has 0 aromatic carbocycles. The molecule has 0 radical (unpaired) electrons. The molecule has 0 saturated heterocycles. The van der Waals surface area contributed by atoms with Crippen LogP contribution in [0.25, 0.3) is 0 Å². The van der Waals surface area contributed by atoms with Crippen molar-refractivity contribution in [1.29, 1.82) is 0 Å². The van der Waals surface area contributed by atoms with Gasteiger partial charge in [0, 0.05) is 31.9 Å². The maximum absolute atomic E-state index is 12.0. The van der Waals surface area contributed by atoms with E-state index in [1.165, 1.54) is 11.3 Å². The van der Waals surface area contributed by atoms with Crippen molar-refractivity contribution in [2.75, 3.05) is 20.6 Å². The first kappa shape index (κ1) is 15.4. The predicted molar refractivity (Wildman–Crippen MR) is 73.2 cm³/mol. The van der Waals surface area contributed by atoms with Gasteiger partial charge in [0.25, 0.3) is 0 Å². The summed E-state index contributed by atoms with van der Waals surface area (Å²) < 4.78 is 0. The fourth-order valence-electron chi connectivity index (χ4n) is 1.62. The smallest absolute Gasteiger partial charge is 0.319 e. The fraction of sp³-hybridized carbons (Fsp3) is 0.583. The van der Waals surface area contributed by atoms with Crippen molar-refractivity contribution >= 4 is 23.3 Å². The molecule has 0 fully saturated rings.